The molecule has 1 atom stereocenters. The molecule has 0 aliphatic carbocycles. The predicted molar refractivity (Wildman–Crippen MR) is 76.7 cm³/mol. The van der Waals surface area contributed by atoms with Crippen molar-refractivity contribution in [3.63, 3.8) is 0 Å². The Morgan fingerprint density at radius 3 is 2.67 bits per heavy atom. The first-order valence-corrected chi connectivity index (χ1v) is 7.12. The highest BCUT2D eigenvalue weighted by atomic mass is 35.5. The molecule has 1 aromatic carbocycles. The summed E-state index contributed by atoms with van der Waals surface area (Å²) in [4.78, 5) is 0. The summed E-state index contributed by atoms with van der Waals surface area (Å²) in [5.74, 6) is 1.36. The van der Waals surface area contributed by atoms with E-state index in [0.717, 1.165) is 17.3 Å². The molecule has 3 heteroatoms. The zero-order chi connectivity index (χ0) is 13.1. The van der Waals surface area contributed by atoms with Gasteiger partial charge in [0.2, 0.25) is 0 Å². The molecule has 0 radical (unpaired) electrons. The third-order valence-electron chi connectivity index (χ3n) is 3.62. The number of piperidine rings is 1. The summed E-state index contributed by atoms with van der Waals surface area (Å²) < 4.78 is 5.51. The van der Waals surface area contributed by atoms with Gasteiger partial charge in [-0.25, -0.2) is 0 Å². The molecule has 2 rings (SSSR count). The van der Waals surface area contributed by atoms with Crippen molar-refractivity contribution in [2.45, 2.75) is 45.1 Å². The van der Waals surface area contributed by atoms with Gasteiger partial charge in [0.25, 0.3) is 0 Å². The van der Waals surface area contributed by atoms with E-state index in [1.165, 1.54) is 30.4 Å². The third kappa shape index (κ3) is 2.81. The molecule has 1 fully saturated rings. The van der Waals surface area contributed by atoms with Crippen LogP contribution >= 0.6 is 11.6 Å². The fraction of sp³-hybridized carbons (Fsp3) is 0.600. The van der Waals surface area contributed by atoms with Gasteiger partial charge in [-0.1, -0.05) is 31.9 Å². The molecule has 0 saturated carbocycles. The zero-order valence-electron chi connectivity index (χ0n) is 11.4. The maximum atomic E-state index is 6.22. The second-order valence-electron chi connectivity index (χ2n) is 5.27. The molecule has 0 bridgehead atoms. The number of rotatable bonds is 3. The summed E-state index contributed by atoms with van der Waals surface area (Å²) in [7, 11) is 1.72. The highest BCUT2D eigenvalue weighted by molar-refractivity contribution is 6.30. The lowest BCUT2D eigenvalue weighted by molar-refractivity contribution is 0.391. The van der Waals surface area contributed by atoms with Crippen LogP contribution in [0.4, 0.5) is 0 Å². The van der Waals surface area contributed by atoms with Gasteiger partial charge >= 0.3 is 0 Å². The number of halogens is 1. The maximum Gasteiger partial charge on any atom is 0.124 e. The van der Waals surface area contributed by atoms with Crippen LogP contribution in [-0.4, -0.2) is 13.7 Å². The first-order valence-electron chi connectivity index (χ1n) is 6.74. The van der Waals surface area contributed by atoms with Crippen molar-refractivity contribution < 1.29 is 4.74 Å². The van der Waals surface area contributed by atoms with Crippen LogP contribution in [0.2, 0.25) is 5.02 Å². The summed E-state index contributed by atoms with van der Waals surface area (Å²) in [5.41, 5.74) is 2.61. The number of hydrogen-bond donors (Lipinski definition) is 1. The van der Waals surface area contributed by atoms with E-state index in [4.69, 9.17) is 16.3 Å². The molecule has 1 heterocycles. The molecule has 0 spiro atoms. The molecule has 1 unspecified atom stereocenters. The van der Waals surface area contributed by atoms with Crippen molar-refractivity contribution in [2.24, 2.45) is 0 Å². The van der Waals surface area contributed by atoms with Crippen molar-refractivity contribution in [3.05, 3.63) is 28.3 Å². The van der Waals surface area contributed by atoms with Crippen molar-refractivity contribution in [1.29, 1.82) is 0 Å². The van der Waals surface area contributed by atoms with E-state index in [1.807, 2.05) is 6.07 Å². The molecule has 1 aromatic rings. The minimum absolute atomic E-state index is 0.420. The SMILES string of the molecule is COc1cc(Cl)cc(C2CCCCN2)c1C(C)C. The maximum absolute atomic E-state index is 6.22. The Labute approximate surface area is 115 Å². The lowest BCUT2D eigenvalue weighted by Crippen LogP contribution is -2.28. The van der Waals surface area contributed by atoms with Crippen molar-refractivity contribution >= 4 is 11.6 Å². The Hall–Kier alpha value is -0.730. The molecule has 0 aromatic heterocycles. The van der Waals surface area contributed by atoms with Gasteiger partial charge in [0.15, 0.2) is 0 Å². The molecule has 1 aliphatic rings. The molecular formula is C15H22ClNO. The highest BCUT2D eigenvalue weighted by Gasteiger charge is 2.22. The van der Waals surface area contributed by atoms with E-state index in [0.29, 0.717) is 12.0 Å². The van der Waals surface area contributed by atoms with E-state index >= 15 is 0 Å². The number of methoxy groups -OCH3 is 1. The Morgan fingerprint density at radius 1 is 1.33 bits per heavy atom. The third-order valence-corrected chi connectivity index (χ3v) is 3.84. The lowest BCUT2D eigenvalue weighted by atomic mass is 9.88. The largest absolute Gasteiger partial charge is 0.496 e. The summed E-state index contributed by atoms with van der Waals surface area (Å²) in [6, 6.07) is 4.44. The van der Waals surface area contributed by atoms with Crippen LogP contribution in [0.25, 0.3) is 0 Å². The quantitative estimate of drug-likeness (QED) is 0.882. The van der Waals surface area contributed by atoms with Gasteiger partial charge in [-0.3, -0.25) is 0 Å². The molecule has 1 aliphatic heterocycles. The monoisotopic (exact) mass is 267 g/mol. The van der Waals surface area contributed by atoms with Crippen LogP contribution in [0.1, 0.15) is 56.2 Å². The smallest absolute Gasteiger partial charge is 0.124 e. The van der Waals surface area contributed by atoms with Crippen molar-refractivity contribution in [1.82, 2.24) is 5.32 Å². The fourth-order valence-corrected chi connectivity index (χ4v) is 3.02. The Morgan fingerprint density at radius 2 is 2.11 bits per heavy atom. The highest BCUT2D eigenvalue weighted by Crippen LogP contribution is 2.38. The molecule has 0 amide bonds. The van der Waals surface area contributed by atoms with Crippen LogP contribution in [0.3, 0.4) is 0 Å². The Kier molecular flexibility index (Phi) is 4.52. The Balaban J connectivity index is 2.45. The summed E-state index contributed by atoms with van der Waals surface area (Å²) in [6.45, 7) is 5.51. The second kappa shape index (κ2) is 5.94. The molecular weight excluding hydrogens is 246 g/mol. The van der Waals surface area contributed by atoms with Crippen molar-refractivity contribution in [3.8, 4) is 5.75 Å². The first-order chi connectivity index (χ1) is 8.63. The second-order valence-corrected chi connectivity index (χ2v) is 5.70. The van der Waals surface area contributed by atoms with Gasteiger partial charge < -0.3 is 10.1 Å². The summed E-state index contributed by atoms with van der Waals surface area (Å²) in [6.07, 6.45) is 3.73. The topological polar surface area (TPSA) is 21.3 Å². The Bertz CT molecular complexity index is 411. The zero-order valence-corrected chi connectivity index (χ0v) is 12.2. The van der Waals surface area contributed by atoms with Crippen LogP contribution in [0.15, 0.2) is 12.1 Å². The van der Waals surface area contributed by atoms with Gasteiger partial charge in [-0.15, -0.1) is 0 Å². The van der Waals surface area contributed by atoms with Gasteiger partial charge in [0, 0.05) is 16.6 Å². The van der Waals surface area contributed by atoms with Gasteiger partial charge in [-0.2, -0.15) is 0 Å². The van der Waals surface area contributed by atoms with Crippen LogP contribution < -0.4 is 10.1 Å². The summed E-state index contributed by atoms with van der Waals surface area (Å²) in [5, 5.41) is 4.36. The summed E-state index contributed by atoms with van der Waals surface area (Å²) >= 11 is 6.22. The van der Waals surface area contributed by atoms with E-state index in [2.05, 4.69) is 25.2 Å². The number of ether oxygens (including phenoxy) is 1. The minimum atomic E-state index is 0.420. The number of nitrogens with one attached hydrogen (secondary N) is 1. The fourth-order valence-electron chi connectivity index (χ4n) is 2.81. The predicted octanol–water partition coefficient (Wildman–Crippen LogP) is 4.29. The lowest BCUT2D eigenvalue weighted by Gasteiger charge is -2.28. The first kappa shape index (κ1) is 13.7. The molecule has 100 valence electrons. The number of hydrogen-bond acceptors (Lipinski definition) is 2. The molecule has 18 heavy (non-hydrogen) atoms. The average molecular weight is 268 g/mol. The van der Waals surface area contributed by atoms with Gasteiger partial charge in [0.1, 0.15) is 5.75 Å². The molecule has 1 N–H and O–H groups in total. The van der Waals surface area contributed by atoms with Crippen LogP contribution in [-0.2, 0) is 0 Å². The minimum Gasteiger partial charge on any atom is -0.496 e. The van der Waals surface area contributed by atoms with E-state index in [9.17, 15) is 0 Å². The number of benzene rings is 1. The molecule has 1 saturated heterocycles. The standard InChI is InChI=1S/C15H22ClNO/c1-10(2)15-12(13-6-4-5-7-17-13)8-11(16)9-14(15)18-3/h8-10,13,17H,4-7H2,1-3H3. The van der Waals surface area contributed by atoms with E-state index in [-0.39, 0.29) is 0 Å². The van der Waals surface area contributed by atoms with Gasteiger partial charge in [0.05, 0.1) is 7.11 Å². The normalized spacial score (nSPS) is 20.2. The van der Waals surface area contributed by atoms with Crippen LogP contribution in [0, 0.1) is 0 Å². The van der Waals surface area contributed by atoms with Crippen LogP contribution in [0.5, 0.6) is 5.75 Å². The van der Waals surface area contributed by atoms with Gasteiger partial charge in [-0.05, 0) is 43.0 Å². The average Bonchev–Trinajstić information content (AvgIpc) is 2.38. The van der Waals surface area contributed by atoms with E-state index < -0.39 is 0 Å². The molecule has 2 nitrogen and oxygen atoms in total. The van der Waals surface area contributed by atoms with Crippen molar-refractivity contribution in [2.75, 3.05) is 13.7 Å². The van der Waals surface area contributed by atoms with E-state index in [1.54, 1.807) is 7.11 Å².